The third kappa shape index (κ3) is 3.86. The number of benzene rings is 3. The molecule has 1 heterocycles. The van der Waals surface area contributed by atoms with E-state index in [1.165, 1.54) is 11.3 Å². The van der Waals surface area contributed by atoms with Crippen molar-refractivity contribution in [3.63, 3.8) is 0 Å². The van der Waals surface area contributed by atoms with Crippen LogP contribution in [0.25, 0.3) is 10.2 Å². The summed E-state index contributed by atoms with van der Waals surface area (Å²) in [6.45, 7) is 4.46. The van der Waals surface area contributed by atoms with E-state index in [1.807, 2.05) is 80.6 Å². The van der Waals surface area contributed by atoms with Crippen molar-refractivity contribution in [1.82, 2.24) is 4.98 Å². The number of rotatable bonds is 4. The van der Waals surface area contributed by atoms with Crippen molar-refractivity contribution in [1.29, 1.82) is 0 Å². The Morgan fingerprint density at radius 1 is 1.04 bits per heavy atom. The number of hydrogen-bond donors (Lipinski definition) is 0. The highest BCUT2D eigenvalue weighted by molar-refractivity contribution is 9.10. The van der Waals surface area contributed by atoms with Crippen molar-refractivity contribution < 1.29 is 4.79 Å². The first-order chi connectivity index (χ1) is 13.5. The molecular weight excluding hydrogens is 432 g/mol. The van der Waals surface area contributed by atoms with Crippen LogP contribution in [0.1, 0.15) is 27.0 Å². The molecule has 4 rings (SSSR count). The van der Waals surface area contributed by atoms with Crippen LogP contribution in [0.2, 0.25) is 0 Å². The largest absolute Gasteiger partial charge is 0.279 e. The molecule has 0 unspecified atom stereocenters. The molecule has 0 aliphatic carbocycles. The normalized spacial score (nSPS) is 11.0. The van der Waals surface area contributed by atoms with E-state index in [9.17, 15) is 4.79 Å². The Kier molecular flexibility index (Phi) is 5.29. The average molecular weight is 451 g/mol. The minimum absolute atomic E-state index is 0.0248. The molecular formula is C23H19BrN2OS. The van der Waals surface area contributed by atoms with Gasteiger partial charge in [-0.2, -0.15) is 0 Å². The zero-order chi connectivity index (χ0) is 19.7. The van der Waals surface area contributed by atoms with Crippen molar-refractivity contribution in [2.24, 2.45) is 0 Å². The number of carbonyl (C=O) groups is 1. The first kappa shape index (κ1) is 18.8. The second-order valence-electron chi connectivity index (χ2n) is 6.80. The van der Waals surface area contributed by atoms with E-state index in [-0.39, 0.29) is 5.91 Å². The minimum atomic E-state index is -0.0248. The summed E-state index contributed by atoms with van der Waals surface area (Å²) in [6, 6.07) is 22.0. The third-order valence-electron chi connectivity index (χ3n) is 4.62. The molecule has 3 aromatic carbocycles. The Bertz CT molecular complexity index is 1150. The summed E-state index contributed by atoms with van der Waals surface area (Å²) < 4.78 is 2.06. The van der Waals surface area contributed by atoms with E-state index in [1.54, 1.807) is 4.90 Å². The molecule has 5 heteroatoms. The molecule has 140 valence electrons. The summed E-state index contributed by atoms with van der Waals surface area (Å²) in [6.07, 6.45) is 0. The first-order valence-electron chi connectivity index (χ1n) is 9.00. The Morgan fingerprint density at radius 3 is 2.61 bits per heavy atom. The second-order valence-corrected chi connectivity index (χ2v) is 8.73. The monoisotopic (exact) mass is 450 g/mol. The number of carbonyl (C=O) groups excluding carboxylic acids is 1. The maximum atomic E-state index is 13.5. The zero-order valence-electron chi connectivity index (χ0n) is 15.6. The molecule has 0 N–H and O–H groups in total. The van der Waals surface area contributed by atoms with Crippen LogP contribution in [0, 0.1) is 13.8 Å². The van der Waals surface area contributed by atoms with Crippen LogP contribution in [0.15, 0.2) is 71.2 Å². The van der Waals surface area contributed by atoms with Gasteiger partial charge in [0.05, 0.1) is 16.8 Å². The number of anilines is 1. The van der Waals surface area contributed by atoms with Crippen LogP contribution < -0.4 is 4.90 Å². The first-order valence-corrected chi connectivity index (χ1v) is 10.6. The number of thiazole rings is 1. The minimum Gasteiger partial charge on any atom is -0.279 e. The number of aryl methyl sites for hydroxylation is 2. The van der Waals surface area contributed by atoms with Gasteiger partial charge in [0.25, 0.3) is 5.91 Å². The van der Waals surface area contributed by atoms with E-state index < -0.39 is 0 Å². The van der Waals surface area contributed by atoms with Gasteiger partial charge in [0.15, 0.2) is 5.13 Å². The molecule has 0 aliphatic rings. The molecule has 1 aromatic heterocycles. The highest BCUT2D eigenvalue weighted by Crippen LogP contribution is 2.33. The Hall–Kier alpha value is -2.50. The lowest BCUT2D eigenvalue weighted by atomic mass is 10.0. The van der Waals surface area contributed by atoms with Gasteiger partial charge >= 0.3 is 0 Å². The Morgan fingerprint density at radius 2 is 1.82 bits per heavy atom. The Labute approximate surface area is 176 Å². The van der Waals surface area contributed by atoms with Crippen molar-refractivity contribution >= 4 is 48.5 Å². The van der Waals surface area contributed by atoms with Crippen LogP contribution >= 0.6 is 27.3 Å². The molecule has 0 radical (unpaired) electrons. The average Bonchev–Trinajstić information content (AvgIpc) is 3.11. The lowest BCUT2D eigenvalue weighted by Crippen LogP contribution is -2.31. The highest BCUT2D eigenvalue weighted by atomic mass is 79.9. The SMILES string of the molecule is Cc1ccc(C)c(C(=O)N(Cc2ccccc2)c2nc3ccc(Br)cc3s2)c1. The zero-order valence-corrected chi connectivity index (χ0v) is 18.0. The van der Waals surface area contributed by atoms with Crippen LogP contribution in [-0.2, 0) is 6.54 Å². The van der Waals surface area contributed by atoms with E-state index in [2.05, 4.69) is 15.9 Å². The molecule has 3 nitrogen and oxygen atoms in total. The molecule has 0 saturated heterocycles. The summed E-state index contributed by atoms with van der Waals surface area (Å²) in [4.78, 5) is 20.1. The number of amides is 1. The van der Waals surface area contributed by atoms with Crippen LogP contribution in [0.4, 0.5) is 5.13 Å². The molecule has 1 amide bonds. The fourth-order valence-corrected chi connectivity index (χ4v) is 4.62. The molecule has 0 bridgehead atoms. The molecule has 0 fully saturated rings. The third-order valence-corrected chi connectivity index (χ3v) is 6.16. The van der Waals surface area contributed by atoms with E-state index in [0.717, 1.165) is 36.9 Å². The Balaban J connectivity index is 1.80. The number of fused-ring (bicyclic) bond motifs is 1. The summed E-state index contributed by atoms with van der Waals surface area (Å²) >= 11 is 5.05. The maximum absolute atomic E-state index is 13.5. The van der Waals surface area contributed by atoms with Crippen LogP contribution in [0.3, 0.4) is 0 Å². The molecule has 28 heavy (non-hydrogen) atoms. The molecule has 0 spiro atoms. The molecule has 0 atom stereocenters. The maximum Gasteiger partial charge on any atom is 0.260 e. The van der Waals surface area contributed by atoms with E-state index >= 15 is 0 Å². The topological polar surface area (TPSA) is 33.2 Å². The number of aromatic nitrogens is 1. The van der Waals surface area contributed by atoms with Crippen molar-refractivity contribution in [2.45, 2.75) is 20.4 Å². The van der Waals surface area contributed by atoms with Gasteiger partial charge in [-0.25, -0.2) is 4.98 Å². The van der Waals surface area contributed by atoms with Crippen LogP contribution in [-0.4, -0.2) is 10.9 Å². The van der Waals surface area contributed by atoms with Gasteiger partial charge < -0.3 is 0 Å². The lowest BCUT2D eigenvalue weighted by molar-refractivity contribution is 0.0984. The van der Waals surface area contributed by atoms with Gasteiger partial charge in [-0.15, -0.1) is 0 Å². The van der Waals surface area contributed by atoms with Crippen molar-refractivity contribution in [3.8, 4) is 0 Å². The summed E-state index contributed by atoms with van der Waals surface area (Å²) in [5.41, 5.74) is 4.73. The number of nitrogens with zero attached hydrogens (tertiary/aromatic N) is 2. The molecule has 0 saturated carbocycles. The summed E-state index contributed by atoms with van der Waals surface area (Å²) in [5.74, 6) is -0.0248. The van der Waals surface area contributed by atoms with Gasteiger partial charge in [0.1, 0.15) is 0 Å². The van der Waals surface area contributed by atoms with Crippen molar-refractivity contribution in [2.75, 3.05) is 4.90 Å². The van der Waals surface area contributed by atoms with E-state index in [4.69, 9.17) is 4.98 Å². The van der Waals surface area contributed by atoms with Gasteiger partial charge in [-0.3, -0.25) is 9.69 Å². The summed E-state index contributed by atoms with van der Waals surface area (Å²) in [7, 11) is 0. The van der Waals surface area contributed by atoms with Gasteiger partial charge in [0, 0.05) is 10.0 Å². The van der Waals surface area contributed by atoms with Crippen LogP contribution in [0.5, 0.6) is 0 Å². The van der Waals surface area contributed by atoms with Gasteiger partial charge in [-0.1, -0.05) is 75.3 Å². The highest BCUT2D eigenvalue weighted by Gasteiger charge is 2.23. The number of hydrogen-bond acceptors (Lipinski definition) is 3. The van der Waals surface area contributed by atoms with Crippen molar-refractivity contribution in [3.05, 3.63) is 93.5 Å². The predicted molar refractivity (Wildman–Crippen MR) is 120 cm³/mol. The van der Waals surface area contributed by atoms with E-state index in [0.29, 0.717) is 11.7 Å². The smallest absolute Gasteiger partial charge is 0.260 e. The fourth-order valence-electron chi connectivity index (χ4n) is 3.11. The fraction of sp³-hybridized carbons (Fsp3) is 0.130. The summed E-state index contributed by atoms with van der Waals surface area (Å²) in [5, 5.41) is 0.711. The van der Waals surface area contributed by atoms with Gasteiger partial charge in [0.2, 0.25) is 0 Å². The number of halogens is 1. The molecule has 0 aliphatic heterocycles. The predicted octanol–water partition coefficient (Wildman–Crippen LogP) is 6.52. The quantitative estimate of drug-likeness (QED) is 0.354. The second kappa shape index (κ2) is 7.86. The standard InChI is InChI=1S/C23H19BrN2OS/c1-15-8-9-16(2)19(12-15)22(27)26(14-17-6-4-3-5-7-17)23-25-20-11-10-18(24)13-21(20)28-23/h3-13H,14H2,1-2H3. The van der Waals surface area contributed by atoms with Gasteiger partial charge in [-0.05, 0) is 49.2 Å². The lowest BCUT2D eigenvalue weighted by Gasteiger charge is -2.21. The molecule has 4 aromatic rings.